The van der Waals surface area contributed by atoms with E-state index in [1.807, 2.05) is 43.3 Å². The van der Waals surface area contributed by atoms with E-state index in [2.05, 4.69) is 33.2 Å². The normalized spacial score (nSPS) is 18.0. The fraction of sp³-hybridized carbons (Fsp3) is 0.350. The number of aromatic amines is 1. The second kappa shape index (κ2) is 12.9. The van der Waals surface area contributed by atoms with Gasteiger partial charge in [-0.15, -0.1) is 6.42 Å². The van der Waals surface area contributed by atoms with Gasteiger partial charge in [-0.3, -0.25) is 5.10 Å². The van der Waals surface area contributed by atoms with E-state index in [4.69, 9.17) is 25.9 Å². The molecule has 0 saturated heterocycles. The van der Waals surface area contributed by atoms with E-state index < -0.39 is 0 Å². The SMILES string of the molecule is C#Cc1ccc(COc2c(-c3c(C)c(F)cc4[nH]ncc34)c(C3CC3)cc3c(N4CC=CC(C#N)C4)nc(OC4CCCCC4)nc23)cc1. The number of halogens is 1. The maximum atomic E-state index is 15.7. The molecule has 8 rings (SSSR count). The van der Waals surface area contributed by atoms with E-state index >= 15 is 4.39 Å². The lowest BCUT2D eigenvalue weighted by Crippen LogP contribution is -2.33. The second-order valence-electron chi connectivity index (χ2n) is 13.4. The fourth-order valence-corrected chi connectivity index (χ4v) is 7.28. The van der Waals surface area contributed by atoms with Crippen molar-refractivity contribution in [3.8, 4) is 41.3 Å². The summed E-state index contributed by atoms with van der Waals surface area (Å²) in [6, 6.07) is 14.1. The number of hydrogen-bond donors (Lipinski definition) is 1. The zero-order chi connectivity index (χ0) is 33.5. The van der Waals surface area contributed by atoms with Crippen LogP contribution in [-0.2, 0) is 6.61 Å². The predicted molar refractivity (Wildman–Crippen MR) is 188 cm³/mol. The largest absolute Gasteiger partial charge is 0.486 e. The first-order valence-electron chi connectivity index (χ1n) is 17.2. The molecule has 2 fully saturated rings. The molecule has 3 heterocycles. The van der Waals surface area contributed by atoms with Gasteiger partial charge in [0.25, 0.3) is 0 Å². The molecular formula is C40H37FN6O2. The van der Waals surface area contributed by atoms with E-state index in [1.165, 1.54) is 12.5 Å². The highest BCUT2D eigenvalue weighted by Crippen LogP contribution is 2.53. The van der Waals surface area contributed by atoms with Gasteiger partial charge >= 0.3 is 6.01 Å². The quantitative estimate of drug-likeness (QED) is 0.133. The number of fused-ring (bicyclic) bond motifs is 2. The first kappa shape index (κ1) is 30.9. The average molecular weight is 653 g/mol. The van der Waals surface area contributed by atoms with Crippen LogP contribution in [0, 0.1) is 42.3 Å². The molecule has 2 aromatic heterocycles. The topological polar surface area (TPSA) is 100.0 Å². The van der Waals surface area contributed by atoms with E-state index in [0.29, 0.717) is 41.3 Å². The van der Waals surface area contributed by atoms with E-state index in [0.717, 1.165) is 77.1 Å². The number of benzene rings is 3. The van der Waals surface area contributed by atoms with Crippen LogP contribution >= 0.6 is 0 Å². The van der Waals surface area contributed by atoms with Crippen LogP contribution in [0.1, 0.15) is 73.1 Å². The fourth-order valence-electron chi connectivity index (χ4n) is 7.28. The molecule has 3 aliphatic rings. The summed E-state index contributed by atoms with van der Waals surface area (Å²) in [7, 11) is 0. The molecular weight excluding hydrogens is 615 g/mol. The van der Waals surface area contributed by atoms with Crippen molar-refractivity contribution in [3.05, 3.63) is 82.8 Å². The van der Waals surface area contributed by atoms with Gasteiger partial charge < -0.3 is 14.4 Å². The summed E-state index contributed by atoms with van der Waals surface area (Å²) in [5, 5.41) is 18.8. The number of rotatable bonds is 8. The Hall–Kier alpha value is -5.41. The Balaban J connectivity index is 1.40. The smallest absolute Gasteiger partial charge is 0.319 e. The molecule has 0 radical (unpaired) electrons. The summed E-state index contributed by atoms with van der Waals surface area (Å²) in [5.74, 6) is 3.61. The first-order chi connectivity index (χ1) is 24.0. The van der Waals surface area contributed by atoms with Gasteiger partial charge in [-0.25, -0.2) is 4.39 Å². The lowest BCUT2D eigenvalue weighted by atomic mass is 9.88. The first-order valence-corrected chi connectivity index (χ1v) is 17.2. The molecule has 5 aromatic rings. The average Bonchev–Trinajstić information content (AvgIpc) is 3.89. The third kappa shape index (κ3) is 5.95. The van der Waals surface area contributed by atoms with Gasteiger partial charge in [-0.05, 0) is 92.3 Å². The molecule has 9 heteroatoms. The van der Waals surface area contributed by atoms with Crippen LogP contribution in [0.15, 0.2) is 54.7 Å². The van der Waals surface area contributed by atoms with Crippen LogP contribution < -0.4 is 14.4 Å². The lowest BCUT2D eigenvalue weighted by molar-refractivity contribution is 0.142. The molecule has 1 atom stereocenters. The van der Waals surface area contributed by atoms with Crippen LogP contribution in [0.2, 0.25) is 0 Å². The van der Waals surface area contributed by atoms with Gasteiger partial charge in [-0.2, -0.15) is 20.3 Å². The molecule has 2 saturated carbocycles. The third-order valence-electron chi connectivity index (χ3n) is 10.0. The Labute approximate surface area is 285 Å². The van der Waals surface area contributed by atoms with Gasteiger partial charge in [-0.1, -0.05) is 36.6 Å². The van der Waals surface area contributed by atoms with Crippen LogP contribution in [-0.4, -0.2) is 39.4 Å². The molecule has 3 aromatic carbocycles. The van der Waals surface area contributed by atoms with Crippen LogP contribution in [0.3, 0.4) is 0 Å². The molecule has 2 aliphatic carbocycles. The number of nitrogens with one attached hydrogen (secondary N) is 1. The van der Waals surface area contributed by atoms with Crippen LogP contribution in [0.25, 0.3) is 32.9 Å². The van der Waals surface area contributed by atoms with Gasteiger partial charge in [0.2, 0.25) is 0 Å². The van der Waals surface area contributed by atoms with E-state index in [9.17, 15) is 5.26 Å². The highest BCUT2D eigenvalue weighted by molar-refractivity contribution is 6.06. The second-order valence-corrected chi connectivity index (χ2v) is 13.4. The molecule has 246 valence electrons. The minimum atomic E-state index is -0.322. The minimum absolute atomic E-state index is 0.0208. The van der Waals surface area contributed by atoms with E-state index in [1.54, 1.807) is 6.20 Å². The van der Waals surface area contributed by atoms with Crippen molar-refractivity contribution in [1.29, 1.82) is 5.26 Å². The van der Waals surface area contributed by atoms with Crippen molar-refractivity contribution in [2.24, 2.45) is 5.92 Å². The highest BCUT2D eigenvalue weighted by atomic mass is 19.1. The maximum absolute atomic E-state index is 15.7. The molecule has 0 amide bonds. The van der Waals surface area contributed by atoms with Crippen molar-refractivity contribution < 1.29 is 13.9 Å². The molecule has 0 bridgehead atoms. The number of aromatic nitrogens is 4. The molecule has 1 aliphatic heterocycles. The zero-order valence-electron chi connectivity index (χ0n) is 27.5. The van der Waals surface area contributed by atoms with Crippen molar-refractivity contribution in [2.75, 3.05) is 18.0 Å². The standard InChI is InChI=1S/C40H37FN6O2/c1-3-25-11-13-26(14-12-25)23-48-38-36(35-24(2)33(41)19-34-32(35)21-43-46-34)30(28-15-16-28)18-31-37(38)44-40(49-29-9-5-4-6-10-29)45-39(31)47-17-7-8-27(20-42)22-47/h1,7-8,11-14,18-19,21,27-29H,4-6,9-10,15-17,22-23H2,2H3,(H,43,46). The van der Waals surface area contributed by atoms with Gasteiger partial charge in [0.05, 0.1) is 23.7 Å². The van der Waals surface area contributed by atoms with E-state index in [-0.39, 0.29) is 36.4 Å². The monoisotopic (exact) mass is 652 g/mol. The molecule has 1 N–H and O–H groups in total. The number of ether oxygens (including phenoxy) is 2. The number of H-pyrrole nitrogens is 1. The highest BCUT2D eigenvalue weighted by Gasteiger charge is 2.34. The summed E-state index contributed by atoms with van der Waals surface area (Å²) in [5.41, 5.74) is 6.08. The summed E-state index contributed by atoms with van der Waals surface area (Å²) >= 11 is 0. The van der Waals surface area contributed by atoms with Crippen LogP contribution in [0.4, 0.5) is 10.2 Å². The predicted octanol–water partition coefficient (Wildman–Crippen LogP) is 8.29. The Bertz CT molecular complexity index is 2170. The number of hydrogen-bond acceptors (Lipinski definition) is 7. The number of terminal acetylenes is 1. The summed E-state index contributed by atoms with van der Waals surface area (Å²) in [6.07, 6.45) is 18.7. The zero-order valence-corrected chi connectivity index (χ0v) is 27.5. The van der Waals surface area contributed by atoms with Crippen molar-refractivity contribution in [2.45, 2.75) is 70.5 Å². The molecule has 8 nitrogen and oxygen atoms in total. The number of nitrogens with zero attached hydrogens (tertiary/aromatic N) is 5. The summed E-state index contributed by atoms with van der Waals surface area (Å²) < 4.78 is 29.1. The van der Waals surface area contributed by atoms with Crippen LogP contribution in [0.5, 0.6) is 11.8 Å². The van der Waals surface area contributed by atoms with Crippen molar-refractivity contribution in [3.63, 3.8) is 0 Å². The lowest BCUT2D eigenvalue weighted by Gasteiger charge is -2.30. The number of nitriles is 1. The Morgan fingerprint density at radius 3 is 2.61 bits per heavy atom. The van der Waals surface area contributed by atoms with Crippen molar-refractivity contribution >= 4 is 27.6 Å². The Kier molecular flexibility index (Phi) is 8.13. The van der Waals surface area contributed by atoms with Gasteiger partial charge in [0.15, 0.2) is 5.75 Å². The summed E-state index contributed by atoms with van der Waals surface area (Å²) in [6.45, 7) is 3.15. The number of anilines is 1. The Morgan fingerprint density at radius 2 is 1.86 bits per heavy atom. The van der Waals surface area contributed by atoms with Crippen molar-refractivity contribution in [1.82, 2.24) is 20.2 Å². The Morgan fingerprint density at radius 1 is 1.04 bits per heavy atom. The third-order valence-corrected chi connectivity index (χ3v) is 10.0. The minimum Gasteiger partial charge on any atom is -0.486 e. The van der Waals surface area contributed by atoms with Gasteiger partial charge in [0, 0.05) is 40.6 Å². The maximum Gasteiger partial charge on any atom is 0.319 e. The molecule has 49 heavy (non-hydrogen) atoms. The molecule has 1 unspecified atom stereocenters. The van der Waals surface area contributed by atoms with Gasteiger partial charge in [0.1, 0.15) is 29.9 Å². The summed E-state index contributed by atoms with van der Waals surface area (Å²) in [4.78, 5) is 12.3. The molecule has 0 spiro atoms.